The summed E-state index contributed by atoms with van der Waals surface area (Å²) in [6, 6.07) is 6.70. The largest absolute Gasteiger partial charge is 0.478 e. The summed E-state index contributed by atoms with van der Waals surface area (Å²) >= 11 is 1.39. The van der Waals surface area contributed by atoms with Crippen molar-refractivity contribution in [1.29, 1.82) is 0 Å². The molecule has 0 radical (unpaired) electrons. The Morgan fingerprint density at radius 3 is 2.39 bits per heavy atom. The SMILES string of the molecule is O=C1CS[C@@H](c2ccc(C(=O)O)cc2)c2c(n(C3CCCCCC3)[nH]c2=O)N1. The van der Waals surface area contributed by atoms with Crippen LogP contribution in [0.15, 0.2) is 29.1 Å². The third-order valence-electron chi connectivity index (χ3n) is 5.51. The Hall–Kier alpha value is -2.48. The van der Waals surface area contributed by atoms with Crippen LogP contribution in [0.3, 0.4) is 0 Å². The highest BCUT2D eigenvalue weighted by Crippen LogP contribution is 2.41. The van der Waals surface area contributed by atoms with E-state index in [0.29, 0.717) is 11.4 Å². The number of carbonyl (C=O) groups excluding carboxylic acids is 1. The van der Waals surface area contributed by atoms with Crippen molar-refractivity contribution in [3.05, 3.63) is 51.3 Å². The standard InChI is InChI=1S/C20H23N3O4S/c24-15-11-28-17(12-7-9-13(10-8-12)20(26)27)16-18(21-15)23(22-19(16)25)14-5-3-1-2-4-6-14/h7-10,14,17H,1-6,11H2,(H,21,24)(H,22,25)(H,26,27)/t17-/m0/s1. The lowest BCUT2D eigenvalue weighted by Gasteiger charge is -2.19. The van der Waals surface area contributed by atoms with Gasteiger partial charge in [0.2, 0.25) is 5.91 Å². The Bertz CT molecular complexity index is 939. The maximum absolute atomic E-state index is 12.9. The number of fused-ring (bicyclic) bond motifs is 1. The Morgan fingerprint density at radius 1 is 1.07 bits per heavy atom. The van der Waals surface area contributed by atoms with Crippen molar-refractivity contribution in [2.45, 2.75) is 49.8 Å². The van der Waals surface area contributed by atoms with E-state index in [-0.39, 0.29) is 34.1 Å². The number of carboxylic acids is 1. The highest BCUT2D eigenvalue weighted by Gasteiger charge is 2.32. The van der Waals surface area contributed by atoms with Gasteiger partial charge in [0, 0.05) is 0 Å². The molecule has 1 saturated carbocycles. The number of H-pyrrole nitrogens is 1. The van der Waals surface area contributed by atoms with E-state index in [0.717, 1.165) is 31.2 Å². The van der Waals surface area contributed by atoms with E-state index in [1.807, 2.05) is 4.68 Å². The Labute approximate surface area is 166 Å². The van der Waals surface area contributed by atoms with Gasteiger partial charge < -0.3 is 10.4 Å². The zero-order valence-electron chi connectivity index (χ0n) is 15.4. The summed E-state index contributed by atoms with van der Waals surface area (Å²) in [4.78, 5) is 36.4. The van der Waals surface area contributed by atoms with E-state index in [9.17, 15) is 14.4 Å². The zero-order valence-corrected chi connectivity index (χ0v) is 16.3. The molecule has 1 aromatic heterocycles. The van der Waals surface area contributed by atoms with Crippen molar-refractivity contribution in [2.24, 2.45) is 0 Å². The van der Waals surface area contributed by atoms with Crippen molar-refractivity contribution in [3.8, 4) is 0 Å². The average molecular weight is 401 g/mol. The Balaban J connectivity index is 1.77. The number of hydrogen-bond donors (Lipinski definition) is 3. The van der Waals surface area contributed by atoms with E-state index in [4.69, 9.17) is 5.11 Å². The van der Waals surface area contributed by atoms with Crippen molar-refractivity contribution in [1.82, 2.24) is 9.78 Å². The molecule has 0 bridgehead atoms. The number of aromatic amines is 1. The topological polar surface area (TPSA) is 104 Å². The monoisotopic (exact) mass is 401 g/mol. The number of nitrogens with zero attached hydrogens (tertiary/aromatic N) is 1. The molecular formula is C20H23N3O4S. The van der Waals surface area contributed by atoms with Crippen molar-refractivity contribution < 1.29 is 14.7 Å². The van der Waals surface area contributed by atoms with Gasteiger partial charge >= 0.3 is 5.97 Å². The lowest BCUT2D eigenvalue weighted by atomic mass is 10.0. The summed E-state index contributed by atoms with van der Waals surface area (Å²) in [5.74, 6) is -0.309. The highest BCUT2D eigenvalue weighted by atomic mass is 32.2. The Morgan fingerprint density at radius 2 is 1.75 bits per heavy atom. The zero-order chi connectivity index (χ0) is 19.7. The minimum atomic E-state index is -0.991. The third-order valence-corrected chi connectivity index (χ3v) is 6.78. The molecule has 1 aromatic carbocycles. The number of nitrogens with one attached hydrogen (secondary N) is 2. The minimum absolute atomic E-state index is 0.128. The fourth-order valence-electron chi connectivity index (χ4n) is 4.10. The molecule has 28 heavy (non-hydrogen) atoms. The summed E-state index contributed by atoms with van der Waals surface area (Å²) in [7, 11) is 0. The molecule has 2 aliphatic rings. The van der Waals surface area contributed by atoms with E-state index in [2.05, 4.69) is 10.4 Å². The van der Waals surface area contributed by atoms with E-state index in [1.165, 1.54) is 36.7 Å². The van der Waals surface area contributed by atoms with E-state index >= 15 is 0 Å². The molecular weight excluding hydrogens is 378 g/mol. The van der Waals surface area contributed by atoms with Crippen LogP contribution in [-0.4, -0.2) is 32.5 Å². The van der Waals surface area contributed by atoms with Gasteiger partial charge in [-0.15, -0.1) is 11.8 Å². The van der Waals surface area contributed by atoms with Crippen molar-refractivity contribution in [2.75, 3.05) is 11.1 Å². The van der Waals surface area contributed by atoms with Gasteiger partial charge in [-0.25, -0.2) is 4.79 Å². The number of anilines is 1. The molecule has 0 saturated heterocycles. The molecule has 1 aliphatic heterocycles. The third kappa shape index (κ3) is 3.61. The first-order valence-electron chi connectivity index (χ1n) is 9.63. The molecule has 2 heterocycles. The summed E-state index contributed by atoms with van der Waals surface area (Å²) in [6.07, 6.45) is 6.59. The number of thioether (sulfide) groups is 1. The fourth-order valence-corrected chi connectivity index (χ4v) is 5.22. The molecule has 148 valence electrons. The molecule has 1 fully saturated rings. The van der Waals surface area contributed by atoms with Crippen LogP contribution in [0.4, 0.5) is 5.82 Å². The van der Waals surface area contributed by atoms with Gasteiger partial charge in [-0.1, -0.05) is 37.8 Å². The van der Waals surface area contributed by atoms with Gasteiger partial charge in [-0.05, 0) is 30.5 Å². The van der Waals surface area contributed by atoms with Crippen LogP contribution in [0.2, 0.25) is 0 Å². The van der Waals surface area contributed by atoms with Gasteiger partial charge in [-0.3, -0.25) is 19.4 Å². The van der Waals surface area contributed by atoms with Gasteiger partial charge in [0.1, 0.15) is 5.82 Å². The van der Waals surface area contributed by atoms with E-state index in [1.54, 1.807) is 12.1 Å². The average Bonchev–Trinajstić information content (AvgIpc) is 2.90. The smallest absolute Gasteiger partial charge is 0.335 e. The molecule has 1 atom stereocenters. The number of carboxylic acid groups (broad SMARTS) is 1. The molecule has 2 aromatic rings. The quantitative estimate of drug-likeness (QED) is 0.683. The second kappa shape index (κ2) is 7.87. The van der Waals surface area contributed by atoms with Gasteiger partial charge in [-0.2, -0.15) is 0 Å². The lowest BCUT2D eigenvalue weighted by molar-refractivity contribution is -0.113. The molecule has 3 N–H and O–H groups in total. The summed E-state index contributed by atoms with van der Waals surface area (Å²) < 4.78 is 1.87. The number of rotatable bonds is 3. The number of amides is 1. The number of aromatic nitrogens is 2. The normalized spacial score (nSPS) is 20.7. The maximum Gasteiger partial charge on any atom is 0.335 e. The lowest BCUT2D eigenvalue weighted by Crippen LogP contribution is -2.19. The molecule has 7 nitrogen and oxygen atoms in total. The first kappa shape index (κ1) is 18.9. The molecule has 0 spiro atoms. The fraction of sp³-hybridized carbons (Fsp3) is 0.450. The van der Waals surface area contributed by atoms with Crippen LogP contribution in [0, 0.1) is 0 Å². The van der Waals surface area contributed by atoms with Gasteiger partial charge in [0.25, 0.3) is 5.56 Å². The Kier molecular flexibility index (Phi) is 5.30. The predicted molar refractivity (Wildman–Crippen MR) is 108 cm³/mol. The van der Waals surface area contributed by atoms with Crippen molar-refractivity contribution >= 4 is 29.5 Å². The summed E-state index contributed by atoms with van der Waals surface area (Å²) in [5.41, 5.74) is 1.36. The number of carbonyl (C=O) groups is 2. The number of hydrogen-bond acceptors (Lipinski definition) is 4. The summed E-state index contributed by atoms with van der Waals surface area (Å²) in [5, 5.41) is 14.7. The van der Waals surface area contributed by atoms with Crippen LogP contribution in [-0.2, 0) is 4.79 Å². The minimum Gasteiger partial charge on any atom is -0.478 e. The van der Waals surface area contributed by atoms with Crippen molar-refractivity contribution in [3.63, 3.8) is 0 Å². The second-order valence-electron chi connectivity index (χ2n) is 7.38. The summed E-state index contributed by atoms with van der Waals surface area (Å²) in [6.45, 7) is 0. The number of aromatic carboxylic acids is 1. The molecule has 4 rings (SSSR count). The second-order valence-corrected chi connectivity index (χ2v) is 8.48. The molecule has 0 unspecified atom stereocenters. The van der Waals surface area contributed by atoms with Crippen LogP contribution in [0.25, 0.3) is 0 Å². The highest BCUT2D eigenvalue weighted by molar-refractivity contribution is 8.00. The van der Waals surface area contributed by atoms with Gasteiger partial charge in [0.15, 0.2) is 0 Å². The maximum atomic E-state index is 12.9. The first-order valence-corrected chi connectivity index (χ1v) is 10.7. The van der Waals surface area contributed by atoms with Gasteiger partial charge in [0.05, 0.1) is 28.2 Å². The molecule has 1 aliphatic carbocycles. The van der Waals surface area contributed by atoms with E-state index < -0.39 is 5.97 Å². The first-order chi connectivity index (χ1) is 13.5. The predicted octanol–water partition coefficient (Wildman–Crippen LogP) is 3.54. The van der Waals surface area contributed by atoms with Crippen LogP contribution < -0.4 is 10.9 Å². The number of benzene rings is 1. The van der Waals surface area contributed by atoms with Crippen LogP contribution >= 0.6 is 11.8 Å². The van der Waals surface area contributed by atoms with Crippen LogP contribution in [0.1, 0.15) is 71.3 Å². The molecule has 1 amide bonds. The van der Waals surface area contributed by atoms with Crippen LogP contribution in [0.5, 0.6) is 0 Å². The molecule has 8 heteroatoms.